The molecule has 0 saturated heterocycles. The number of alkyl halides is 6. The molecule has 226 valence electrons. The summed E-state index contributed by atoms with van der Waals surface area (Å²) in [5.41, 5.74) is 0.0935. The van der Waals surface area contributed by atoms with E-state index in [0.717, 1.165) is 22.1 Å². The highest BCUT2D eigenvalue weighted by Gasteiger charge is 2.76. The zero-order valence-corrected chi connectivity index (χ0v) is 26.3. The highest BCUT2D eigenvalue weighted by Crippen LogP contribution is 2.66. The van der Waals surface area contributed by atoms with E-state index in [4.69, 9.17) is 0 Å². The van der Waals surface area contributed by atoms with Crippen molar-refractivity contribution in [2.24, 2.45) is 5.41 Å². The fraction of sp³-hybridized carbons (Fsp3) is 0.607. The Kier molecular flexibility index (Phi) is 11.3. The lowest BCUT2D eigenvalue weighted by molar-refractivity contribution is -0.261. The smallest absolute Gasteiger partial charge is 0.225 e. The number of halogens is 6. The van der Waals surface area contributed by atoms with Gasteiger partial charge >= 0.3 is 12.4 Å². The van der Waals surface area contributed by atoms with Crippen molar-refractivity contribution < 1.29 is 34.8 Å². The summed E-state index contributed by atoms with van der Waals surface area (Å²) in [6.45, 7) is 7.96. The van der Waals surface area contributed by atoms with Crippen LogP contribution in [-0.4, -0.2) is 39.6 Å². The van der Waals surface area contributed by atoms with Crippen LogP contribution in [0, 0.1) is 5.41 Å². The molecule has 2 aromatic rings. The Morgan fingerprint density at radius 1 is 0.900 bits per heavy atom. The molecule has 0 fully saturated rings. The van der Waals surface area contributed by atoms with Gasteiger partial charge in [-0.15, -0.1) is 11.3 Å². The van der Waals surface area contributed by atoms with Gasteiger partial charge in [0.2, 0.25) is 14.2 Å². The molecule has 12 heteroatoms. The lowest BCUT2D eigenvalue weighted by Crippen LogP contribution is -2.60. The molecule has 0 spiro atoms. The Labute approximate surface area is 238 Å². The second-order valence-corrected chi connectivity index (χ2v) is 19.7. The van der Waals surface area contributed by atoms with Gasteiger partial charge in [0, 0.05) is 0 Å². The van der Waals surface area contributed by atoms with Crippen molar-refractivity contribution in [1.82, 2.24) is 4.98 Å². The van der Waals surface area contributed by atoms with Crippen molar-refractivity contribution in [1.29, 1.82) is 0 Å². The van der Waals surface area contributed by atoms with Crippen LogP contribution in [0.1, 0.15) is 60.3 Å². The lowest BCUT2D eigenvalue weighted by atomic mass is 9.83. The van der Waals surface area contributed by atoms with Gasteiger partial charge in [0.05, 0.1) is 24.0 Å². The Morgan fingerprint density at radius 3 is 2.00 bits per heavy atom. The summed E-state index contributed by atoms with van der Waals surface area (Å²) in [5.74, 6) is -0.201. The Morgan fingerprint density at radius 2 is 1.48 bits per heavy atom. The molecule has 0 bridgehead atoms. The molecule has 0 amide bonds. The Hall–Kier alpha value is -1.66. The number of hydrogen-bond donors (Lipinski definition) is 0. The van der Waals surface area contributed by atoms with Crippen molar-refractivity contribution in [3.63, 3.8) is 0 Å². The van der Waals surface area contributed by atoms with E-state index in [1.807, 2.05) is 19.9 Å². The first-order chi connectivity index (χ1) is 18.4. The van der Waals surface area contributed by atoms with Crippen LogP contribution in [0.3, 0.4) is 0 Å². The first kappa shape index (κ1) is 34.5. The van der Waals surface area contributed by atoms with Crippen molar-refractivity contribution >= 4 is 39.5 Å². The molecule has 2 rings (SSSR count). The van der Waals surface area contributed by atoms with Gasteiger partial charge in [-0.1, -0.05) is 89.2 Å². The molecule has 0 N–H and O–H groups in total. The third kappa shape index (κ3) is 7.39. The standard InChI is InChI=1S/C28H39F6NO2S2Si/c1-6-40(7-2,8-3)26(27(29,30)31,28(32,33)34)20-15-19-25(4,5)18-13-9-10-14-21-39(36,37)24-35-22-16-11-12-17-23(22)38-24/h10-12,14-17,20H,6-9,13,18-19,21H2,1-5H3/b14-10+,20-15-. The molecule has 1 aromatic heterocycles. The molecular formula is C28H39F6NO2S2Si. The number of para-hydroxylation sites is 1. The van der Waals surface area contributed by atoms with Crippen molar-refractivity contribution in [3.05, 3.63) is 48.6 Å². The number of allylic oxidation sites excluding steroid dienone is 3. The molecule has 1 heterocycles. The highest BCUT2D eigenvalue weighted by molar-refractivity contribution is 7.93. The van der Waals surface area contributed by atoms with E-state index in [1.54, 1.807) is 30.4 Å². The van der Waals surface area contributed by atoms with Crippen LogP contribution >= 0.6 is 11.3 Å². The van der Waals surface area contributed by atoms with Crippen LogP contribution in [-0.2, 0) is 9.84 Å². The third-order valence-corrected chi connectivity index (χ3v) is 17.6. The molecule has 40 heavy (non-hydrogen) atoms. The minimum Gasteiger partial charge on any atom is -0.225 e. The number of aromatic nitrogens is 1. The molecule has 0 aliphatic rings. The number of fused-ring (bicyclic) bond motifs is 1. The first-order valence-electron chi connectivity index (χ1n) is 13.5. The van der Waals surface area contributed by atoms with Gasteiger partial charge in [-0.05, 0) is 43.2 Å². The van der Waals surface area contributed by atoms with Gasteiger partial charge in [0.25, 0.3) is 0 Å². The summed E-state index contributed by atoms with van der Waals surface area (Å²) in [6, 6.07) is 6.80. The highest BCUT2D eigenvalue weighted by atomic mass is 32.2. The zero-order chi connectivity index (χ0) is 30.5. The number of benzene rings is 1. The van der Waals surface area contributed by atoms with Gasteiger partial charge < -0.3 is 0 Å². The van der Waals surface area contributed by atoms with Crippen LogP contribution in [0.25, 0.3) is 10.2 Å². The van der Waals surface area contributed by atoms with Crippen molar-refractivity contribution in [3.8, 4) is 0 Å². The number of sulfone groups is 1. The van der Waals surface area contributed by atoms with Gasteiger partial charge in [-0.3, -0.25) is 0 Å². The van der Waals surface area contributed by atoms with E-state index >= 15 is 0 Å². The summed E-state index contributed by atoms with van der Waals surface area (Å²) in [5, 5.41) is -3.79. The number of unbranched alkanes of at least 4 members (excludes halogenated alkanes) is 1. The second kappa shape index (κ2) is 13.1. The zero-order valence-electron chi connectivity index (χ0n) is 23.6. The second-order valence-electron chi connectivity index (χ2n) is 11.0. The largest absolute Gasteiger partial charge is 0.404 e. The van der Waals surface area contributed by atoms with Crippen LogP contribution in [0.4, 0.5) is 26.3 Å². The van der Waals surface area contributed by atoms with Crippen LogP contribution in [0.2, 0.25) is 23.2 Å². The van der Waals surface area contributed by atoms with E-state index in [-0.39, 0.29) is 34.6 Å². The SMILES string of the molecule is CC[Si](CC)(CC)C(/C=C\CC(C)(C)CCC/C=C/CS(=O)(=O)c1nc2ccccc2s1)(C(F)(F)F)C(F)(F)F. The molecule has 0 radical (unpaired) electrons. The molecule has 0 unspecified atom stereocenters. The van der Waals surface area contributed by atoms with E-state index < -0.39 is 40.7 Å². The maximum Gasteiger partial charge on any atom is 0.404 e. The fourth-order valence-electron chi connectivity index (χ4n) is 5.44. The first-order valence-corrected chi connectivity index (χ1v) is 18.6. The fourth-order valence-corrected chi connectivity index (χ4v) is 12.7. The average Bonchev–Trinajstić information content (AvgIpc) is 3.30. The molecule has 0 aliphatic carbocycles. The molecule has 0 aliphatic heterocycles. The summed E-state index contributed by atoms with van der Waals surface area (Å²) >= 11 is 1.12. The van der Waals surface area contributed by atoms with Crippen molar-refractivity contribution in [2.75, 3.05) is 5.75 Å². The summed E-state index contributed by atoms with van der Waals surface area (Å²) in [7, 11) is -7.43. The van der Waals surface area contributed by atoms with Gasteiger partial charge in [-0.25, -0.2) is 13.4 Å². The molecule has 1 aromatic carbocycles. The normalized spacial score (nSPS) is 14.7. The van der Waals surface area contributed by atoms with E-state index in [9.17, 15) is 34.8 Å². The van der Waals surface area contributed by atoms with Gasteiger partial charge in [-0.2, -0.15) is 26.3 Å². The number of hydrogen-bond acceptors (Lipinski definition) is 4. The Balaban J connectivity index is 2.04. The predicted molar refractivity (Wildman–Crippen MR) is 154 cm³/mol. The van der Waals surface area contributed by atoms with E-state index in [2.05, 4.69) is 4.98 Å². The average molecular weight is 628 g/mol. The lowest BCUT2D eigenvalue weighted by Gasteiger charge is -2.48. The topological polar surface area (TPSA) is 47.0 Å². The van der Waals surface area contributed by atoms with Crippen molar-refractivity contribution in [2.45, 2.75) is 100 Å². The summed E-state index contributed by atoms with van der Waals surface area (Å²) in [6.07, 6.45) is -4.29. The molecule has 0 saturated carbocycles. The minimum atomic E-state index is -5.43. The van der Waals surface area contributed by atoms with Crippen LogP contribution in [0.5, 0.6) is 0 Å². The third-order valence-electron chi connectivity index (χ3n) is 8.05. The summed E-state index contributed by atoms with van der Waals surface area (Å²) in [4.78, 5) is 4.19. The number of thiazole rings is 1. The molecule has 0 atom stereocenters. The summed E-state index contributed by atoms with van der Waals surface area (Å²) < 4.78 is 112. The minimum absolute atomic E-state index is 0.0568. The maximum atomic E-state index is 14.3. The van der Waals surface area contributed by atoms with Gasteiger partial charge in [0.1, 0.15) is 0 Å². The van der Waals surface area contributed by atoms with E-state index in [0.29, 0.717) is 30.9 Å². The van der Waals surface area contributed by atoms with Crippen LogP contribution < -0.4 is 0 Å². The molecule has 3 nitrogen and oxygen atoms in total. The van der Waals surface area contributed by atoms with E-state index in [1.165, 1.54) is 20.8 Å². The number of rotatable bonds is 14. The van der Waals surface area contributed by atoms with Crippen LogP contribution in [0.15, 0.2) is 52.9 Å². The Bertz CT molecular complexity index is 1220. The predicted octanol–water partition coefficient (Wildman–Crippen LogP) is 10.1. The quantitative estimate of drug-likeness (QED) is 0.0906. The van der Waals surface area contributed by atoms with Gasteiger partial charge in [0.15, 0.2) is 5.04 Å². The molecular weight excluding hydrogens is 589 g/mol. The maximum absolute atomic E-state index is 14.3. The number of nitrogens with zero attached hydrogens (tertiary/aromatic N) is 1. The monoisotopic (exact) mass is 627 g/mol.